The Labute approximate surface area is 631 Å². The molecule has 108 heavy (non-hydrogen) atoms. The molecule has 30 heteroatoms. The Bertz CT molecular complexity index is 4910. The van der Waals surface area contributed by atoms with Crippen molar-refractivity contribution in [2.75, 3.05) is 46.6 Å². The number of phenolic OH excluding ortho intramolecular Hbond substituents is 2. The molecule has 0 unspecified atom stereocenters. The van der Waals surface area contributed by atoms with E-state index in [1.807, 2.05) is 57.2 Å². The topological polar surface area (TPSA) is 348 Å². The van der Waals surface area contributed by atoms with Gasteiger partial charge in [-0.1, -0.05) is 90.1 Å². The lowest BCUT2D eigenvalue weighted by atomic mass is 10.1. The molecular formula is C78H96N20O8Si2. The van der Waals surface area contributed by atoms with Gasteiger partial charge in [0.1, 0.15) is 70.5 Å². The number of nitrogens with one attached hydrogen (secondary N) is 2. The van der Waals surface area contributed by atoms with Crippen LogP contribution in [0.2, 0.25) is 36.3 Å². The molecule has 2 amide bonds. The molecule has 0 aliphatic carbocycles. The van der Waals surface area contributed by atoms with Crippen LogP contribution in [-0.2, 0) is 35.2 Å². The highest BCUT2D eigenvalue weighted by molar-refractivity contribution is 6.75. The van der Waals surface area contributed by atoms with Gasteiger partial charge in [-0.2, -0.15) is 0 Å². The van der Waals surface area contributed by atoms with Crippen molar-refractivity contribution in [1.29, 1.82) is 0 Å². The van der Waals surface area contributed by atoms with E-state index in [2.05, 4.69) is 182 Å². The summed E-state index contributed by atoms with van der Waals surface area (Å²) in [6.07, 6.45) is 20.3. The van der Waals surface area contributed by atoms with Gasteiger partial charge in [-0.3, -0.25) is 9.80 Å². The zero-order valence-electron chi connectivity index (χ0n) is 64.2. The van der Waals surface area contributed by atoms with Crippen LogP contribution >= 0.6 is 0 Å². The maximum atomic E-state index is 13.1. The normalized spacial score (nSPS) is 11.8. The molecule has 0 atom stereocenters. The Morgan fingerprint density at radius 2 is 0.639 bits per heavy atom. The molecule has 4 N–H and O–H groups in total. The predicted molar refractivity (Wildman–Crippen MR) is 424 cm³/mol. The zero-order valence-corrected chi connectivity index (χ0v) is 66.2. The summed E-state index contributed by atoms with van der Waals surface area (Å²) in [4.78, 5) is 96.3. The molecule has 4 aromatic carbocycles. The second-order valence-electron chi connectivity index (χ2n) is 30.2. The summed E-state index contributed by atoms with van der Waals surface area (Å²) in [5, 5.41) is 25.5. The van der Waals surface area contributed by atoms with Crippen LogP contribution in [0.4, 0.5) is 32.9 Å². The molecule has 0 saturated heterocycles. The minimum Gasteiger partial charge on any atom is -0.544 e. The van der Waals surface area contributed by atoms with Gasteiger partial charge in [0.25, 0.3) is 0 Å². The first-order valence-corrected chi connectivity index (χ1v) is 41.3. The standard InChI is InChI=1S/C25H35N5O3Si.C20H27N5OSi.C19H21N5O3.C14H13N5O/c1-24(2,3)32-23(31)30(22-20-21(28-17-29-22)27-15-14-26-20)16-13-18-9-11-19(12-10-18)33-34(7,8)25(4,5)6;1-20(2,3)27(4,5)26-16-8-6-15(7-9-16)10-11-22-18-17-19(25-14-24-18)23-13-12-21-17;1-19(2,3)27-18(26)24(11-8-13-4-6-14(25)7-5-13)17-15-16(22-12-23-17)21-10-9-20-15;20-11-3-1-10(2-4-11)5-6-16-13-12-14(19-9-18-13)17-8-7-15-12/h9-12,14-15,17H,13,16H2,1-8H3;6-9,12-14H,10-11H2,1-5H3,(H,22,23,24,25);4-7,9-10,12,25H,8,11H2,1-3H3;1-4,7-9,20H,5-6H2,(H,16,17,18,19). The molecule has 8 heterocycles. The van der Waals surface area contributed by atoms with Crippen molar-refractivity contribution >= 4 is 96.7 Å². The first-order valence-electron chi connectivity index (χ1n) is 35.5. The number of aromatic hydroxyl groups is 2. The first kappa shape index (κ1) is 80.4. The molecule has 564 valence electrons. The average molecular weight is 1500 g/mol. The van der Waals surface area contributed by atoms with Crippen molar-refractivity contribution < 1.29 is 38.1 Å². The Balaban J connectivity index is 0.000000168. The van der Waals surface area contributed by atoms with Crippen molar-refractivity contribution in [3.63, 3.8) is 0 Å². The fraction of sp³-hybridized carbons (Fsp3) is 0.359. The van der Waals surface area contributed by atoms with Crippen molar-refractivity contribution in [3.05, 3.63) is 194 Å². The van der Waals surface area contributed by atoms with Crippen LogP contribution in [-0.4, -0.2) is 156 Å². The van der Waals surface area contributed by atoms with Gasteiger partial charge in [-0.15, -0.1) is 0 Å². The second kappa shape index (κ2) is 35.6. The number of aromatic nitrogens is 16. The van der Waals surface area contributed by atoms with E-state index in [9.17, 15) is 19.8 Å². The van der Waals surface area contributed by atoms with E-state index >= 15 is 0 Å². The Morgan fingerprint density at radius 3 is 0.954 bits per heavy atom. The largest absolute Gasteiger partial charge is 0.544 e. The molecule has 28 nitrogen and oxygen atoms in total. The molecule has 0 fully saturated rings. The smallest absolute Gasteiger partial charge is 0.416 e. The number of phenols is 2. The lowest BCUT2D eigenvalue weighted by molar-refractivity contribution is 0.0569. The Hall–Kier alpha value is -11.7. The molecular weight excluding hydrogens is 1400 g/mol. The minimum atomic E-state index is -1.90. The molecule has 0 bridgehead atoms. The van der Waals surface area contributed by atoms with Gasteiger partial charge in [0.05, 0.1) is 0 Å². The molecule has 0 radical (unpaired) electrons. The van der Waals surface area contributed by atoms with E-state index in [1.165, 1.54) is 53.1 Å². The summed E-state index contributed by atoms with van der Waals surface area (Å²) in [7, 11) is -3.70. The highest BCUT2D eigenvalue weighted by atomic mass is 28.4. The second-order valence-corrected chi connectivity index (χ2v) is 39.7. The van der Waals surface area contributed by atoms with Gasteiger partial charge in [-0.25, -0.2) is 89.3 Å². The zero-order chi connectivity index (χ0) is 77.9. The van der Waals surface area contributed by atoms with Gasteiger partial charge < -0.3 is 39.2 Å². The molecule has 0 spiro atoms. The third-order valence-corrected chi connectivity index (χ3v) is 26.2. The predicted octanol–water partition coefficient (Wildman–Crippen LogP) is 15.1. The van der Waals surface area contributed by atoms with Gasteiger partial charge in [-0.05, 0) is 174 Å². The first-order chi connectivity index (χ1) is 51.2. The van der Waals surface area contributed by atoms with Crippen molar-refractivity contribution in [3.8, 4) is 23.0 Å². The minimum absolute atomic E-state index is 0.128. The number of benzene rings is 4. The summed E-state index contributed by atoms with van der Waals surface area (Å²) in [5.41, 5.74) is 7.37. The van der Waals surface area contributed by atoms with Crippen LogP contribution in [0.25, 0.3) is 44.7 Å². The van der Waals surface area contributed by atoms with Crippen LogP contribution < -0.4 is 29.3 Å². The third kappa shape index (κ3) is 23.2. The number of amides is 2. The molecule has 0 aliphatic rings. The highest BCUT2D eigenvalue weighted by Gasteiger charge is 2.40. The van der Waals surface area contributed by atoms with Gasteiger partial charge >= 0.3 is 12.2 Å². The number of nitrogens with zero attached hydrogens (tertiary/aromatic N) is 18. The summed E-state index contributed by atoms with van der Waals surface area (Å²) >= 11 is 0. The van der Waals surface area contributed by atoms with Crippen molar-refractivity contribution in [1.82, 2.24) is 79.7 Å². The highest BCUT2D eigenvalue weighted by Crippen LogP contribution is 2.39. The van der Waals surface area contributed by atoms with Crippen molar-refractivity contribution in [2.24, 2.45) is 0 Å². The van der Waals surface area contributed by atoms with E-state index in [1.54, 1.807) is 94.4 Å². The lowest BCUT2D eigenvalue weighted by Crippen LogP contribution is -2.43. The van der Waals surface area contributed by atoms with Crippen LogP contribution in [0.5, 0.6) is 23.0 Å². The van der Waals surface area contributed by atoms with Crippen LogP contribution in [0.15, 0.2) is 172 Å². The monoisotopic (exact) mass is 1500 g/mol. The summed E-state index contributed by atoms with van der Waals surface area (Å²) in [6.45, 7) is 35.5. The summed E-state index contributed by atoms with van der Waals surface area (Å²) < 4.78 is 23.9. The molecule has 12 aromatic rings. The quantitative estimate of drug-likeness (QED) is 0.0515. The fourth-order valence-electron chi connectivity index (χ4n) is 9.81. The SMILES string of the molecule is CC(C)(C)OC(=O)N(CCc1ccc(O)cc1)c1ncnc2nccnc12.CC(C)(C)OC(=O)N(CCc1ccc(O[Si](C)(C)C(C)(C)C)cc1)c1ncnc2nccnc12.CC(C)(C)[Si](C)(C)Oc1ccc(CCNc2ncnc3nccnc23)cc1.Oc1ccc(CCNc2ncnc3nccnc23)cc1. The number of fused-ring (bicyclic) bond motifs is 4. The fourth-order valence-corrected chi connectivity index (χ4v) is 11.9. The Kier molecular flexibility index (Phi) is 26.5. The molecule has 0 saturated carbocycles. The van der Waals surface area contributed by atoms with E-state index in [-0.39, 0.29) is 21.6 Å². The average Bonchev–Trinajstić information content (AvgIpc) is 0.797. The number of anilines is 4. The lowest BCUT2D eigenvalue weighted by Gasteiger charge is -2.36. The molecule has 12 rings (SSSR count). The van der Waals surface area contributed by atoms with Crippen molar-refractivity contribution in [2.45, 2.75) is 156 Å². The number of carbonyl (C=O) groups excluding carboxylic acids is 2. The van der Waals surface area contributed by atoms with Gasteiger partial charge in [0.15, 0.2) is 56.9 Å². The maximum Gasteiger partial charge on any atom is 0.416 e. The van der Waals surface area contributed by atoms with E-state index in [0.717, 1.165) is 47.6 Å². The number of carbonyl (C=O) groups is 2. The molecule has 8 aromatic heterocycles. The maximum absolute atomic E-state index is 13.1. The number of ether oxygens (including phenoxy) is 2. The Morgan fingerprint density at radius 1 is 0.361 bits per heavy atom. The van der Waals surface area contributed by atoms with Crippen LogP contribution in [0.1, 0.15) is 105 Å². The van der Waals surface area contributed by atoms with Gasteiger partial charge in [0, 0.05) is 75.8 Å². The summed E-state index contributed by atoms with van der Waals surface area (Å²) in [5.74, 6) is 4.42. The number of hydrogen-bond donors (Lipinski definition) is 4. The number of rotatable bonds is 20. The van der Waals surface area contributed by atoms with E-state index < -0.39 is 40.0 Å². The van der Waals surface area contributed by atoms with Crippen LogP contribution in [0.3, 0.4) is 0 Å². The van der Waals surface area contributed by atoms with E-state index in [4.69, 9.17) is 18.3 Å². The van der Waals surface area contributed by atoms with Gasteiger partial charge in [0.2, 0.25) is 16.6 Å². The van der Waals surface area contributed by atoms with E-state index in [0.29, 0.717) is 100 Å². The van der Waals surface area contributed by atoms with Crippen LogP contribution in [0, 0.1) is 0 Å². The molecule has 0 aliphatic heterocycles. The third-order valence-electron chi connectivity index (χ3n) is 17.5. The summed E-state index contributed by atoms with van der Waals surface area (Å²) in [6, 6.07) is 30.5. The number of hydrogen-bond acceptors (Lipinski definition) is 26.